The zero-order valence-corrected chi connectivity index (χ0v) is 21.0. The number of nitrogens with one attached hydrogen (secondary N) is 1. The Morgan fingerprint density at radius 3 is 2.70 bits per heavy atom. The Bertz CT molecular complexity index is 1790. The molecule has 0 saturated heterocycles. The number of hydrogen-bond donors (Lipinski definition) is 1. The van der Waals surface area contributed by atoms with Crippen LogP contribution in [-0.2, 0) is 0 Å². The minimum atomic E-state index is -0.588. The number of hydrogen-bond acceptors (Lipinski definition) is 5. The fraction of sp³-hybridized carbons (Fsp3) is 0.207. The first-order chi connectivity index (χ1) is 18.0. The molecule has 2 aromatic heterocycles. The first kappa shape index (κ1) is 22.1. The summed E-state index contributed by atoms with van der Waals surface area (Å²) in [5.74, 6) is 2.05. The maximum atomic E-state index is 11.7. The standard InChI is InChI=1S/C29H23ClN4O3/c1-15(27-32-29(35)37-33-27)25-19-13-12-18(14-21(19)16(2)36-24-9-4-3-6-20(24)25)34-23-8-5-7-22(30)26(23)31-28(34)17-10-11-17/h3-9,12-14,16-17H,10-11H2,1-2H3,(H,32,33,35)/b25-15+. The van der Waals surface area contributed by atoms with Gasteiger partial charge in [0, 0.05) is 28.3 Å². The lowest BCUT2D eigenvalue weighted by Gasteiger charge is -2.18. The predicted molar refractivity (Wildman–Crippen MR) is 142 cm³/mol. The van der Waals surface area contributed by atoms with Crippen LogP contribution in [0.25, 0.3) is 27.9 Å². The predicted octanol–water partition coefficient (Wildman–Crippen LogP) is 6.67. The maximum absolute atomic E-state index is 11.7. The van der Waals surface area contributed by atoms with Gasteiger partial charge < -0.3 is 4.74 Å². The molecule has 0 spiro atoms. The molecule has 5 aromatic rings. The zero-order valence-electron chi connectivity index (χ0n) is 20.3. The number of benzene rings is 3. The number of rotatable bonds is 3. The van der Waals surface area contributed by atoms with Gasteiger partial charge in [0.15, 0.2) is 5.82 Å². The van der Waals surface area contributed by atoms with Gasteiger partial charge in [-0.2, -0.15) is 0 Å². The van der Waals surface area contributed by atoms with E-state index in [0.717, 1.165) is 69.0 Å². The first-order valence-corrected chi connectivity index (χ1v) is 12.7. The number of para-hydroxylation sites is 2. The van der Waals surface area contributed by atoms with Crippen molar-refractivity contribution in [3.8, 4) is 11.4 Å². The molecule has 1 aliphatic carbocycles. The zero-order chi connectivity index (χ0) is 25.3. The van der Waals surface area contributed by atoms with Gasteiger partial charge in [-0.05, 0) is 68.2 Å². The van der Waals surface area contributed by atoms with Gasteiger partial charge in [-0.15, -0.1) is 0 Å². The number of H-pyrrole nitrogens is 1. The number of ether oxygens (including phenoxy) is 1. The molecule has 184 valence electrons. The highest BCUT2D eigenvalue weighted by Gasteiger charge is 2.32. The average Bonchev–Trinajstić information content (AvgIpc) is 3.56. The summed E-state index contributed by atoms with van der Waals surface area (Å²) in [5.41, 5.74) is 7.53. The van der Waals surface area contributed by atoms with Crippen molar-refractivity contribution in [1.29, 1.82) is 0 Å². The van der Waals surface area contributed by atoms with Gasteiger partial charge >= 0.3 is 5.76 Å². The van der Waals surface area contributed by atoms with Gasteiger partial charge in [-0.3, -0.25) is 14.1 Å². The summed E-state index contributed by atoms with van der Waals surface area (Å²) in [6, 6.07) is 20.3. The summed E-state index contributed by atoms with van der Waals surface area (Å²) >= 11 is 6.54. The van der Waals surface area contributed by atoms with Gasteiger partial charge in [-0.25, -0.2) is 9.78 Å². The highest BCUT2D eigenvalue weighted by atomic mass is 35.5. The van der Waals surface area contributed by atoms with E-state index >= 15 is 0 Å². The SMILES string of the molecule is C/C(=C1\c2ccccc2OC(C)c2cc(-n3c(C4CC4)nc4c(Cl)cccc43)ccc21)c1noc(=O)[nH]1. The molecule has 7 nitrogen and oxygen atoms in total. The van der Waals surface area contributed by atoms with Crippen LogP contribution in [-0.4, -0.2) is 19.7 Å². The average molecular weight is 511 g/mol. The Morgan fingerprint density at radius 2 is 1.92 bits per heavy atom. The minimum absolute atomic E-state index is 0.222. The molecule has 1 atom stereocenters. The van der Waals surface area contributed by atoms with Crippen molar-refractivity contribution < 1.29 is 9.26 Å². The number of aromatic nitrogens is 4. The number of halogens is 1. The van der Waals surface area contributed by atoms with Crippen LogP contribution in [0.2, 0.25) is 5.02 Å². The van der Waals surface area contributed by atoms with E-state index < -0.39 is 5.76 Å². The Balaban J connectivity index is 1.49. The smallest absolute Gasteiger partial charge is 0.439 e. The molecule has 8 heteroatoms. The van der Waals surface area contributed by atoms with Crippen molar-refractivity contribution in [2.24, 2.45) is 0 Å². The summed E-state index contributed by atoms with van der Waals surface area (Å²) in [4.78, 5) is 19.4. The van der Waals surface area contributed by atoms with Gasteiger partial charge in [0.1, 0.15) is 23.2 Å². The van der Waals surface area contributed by atoms with Gasteiger partial charge in [0.2, 0.25) is 0 Å². The lowest BCUT2D eigenvalue weighted by Crippen LogP contribution is -2.07. The fourth-order valence-electron chi connectivity index (χ4n) is 5.31. The highest BCUT2D eigenvalue weighted by molar-refractivity contribution is 6.35. The number of nitrogens with zero attached hydrogens (tertiary/aromatic N) is 3. The Hall–Kier alpha value is -4.10. The molecule has 7 rings (SSSR count). The Labute approximate surface area is 217 Å². The number of fused-ring (bicyclic) bond motifs is 3. The number of allylic oxidation sites excluding steroid dienone is 1. The Morgan fingerprint density at radius 1 is 1.08 bits per heavy atom. The molecule has 3 aromatic carbocycles. The molecular weight excluding hydrogens is 488 g/mol. The lowest BCUT2D eigenvalue weighted by molar-refractivity contribution is 0.228. The van der Waals surface area contributed by atoms with E-state index in [9.17, 15) is 4.79 Å². The van der Waals surface area contributed by atoms with Gasteiger partial charge in [-0.1, -0.05) is 47.1 Å². The van der Waals surface area contributed by atoms with Crippen LogP contribution in [0, 0.1) is 0 Å². The van der Waals surface area contributed by atoms with Crippen LogP contribution in [0.5, 0.6) is 5.75 Å². The molecular formula is C29H23ClN4O3. The van der Waals surface area contributed by atoms with E-state index in [0.29, 0.717) is 16.8 Å². The molecule has 1 N–H and O–H groups in total. The van der Waals surface area contributed by atoms with E-state index in [1.54, 1.807) is 0 Å². The second-order valence-corrected chi connectivity index (χ2v) is 10.1. The second-order valence-electron chi connectivity index (χ2n) is 9.66. The van der Waals surface area contributed by atoms with Crippen molar-refractivity contribution in [1.82, 2.24) is 19.7 Å². The Kier molecular flexibility index (Phi) is 4.91. The third-order valence-corrected chi connectivity index (χ3v) is 7.54. The molecule has 3 heterocycles. The third-order valence-electron chi connectivity index (χ3n) is 7.24. The minimum Gasteiger partial charge on any atom is -0.485 e. The van der Waals surface area contributed by atoms with Crippen LogP contribution in [0.3, 0.4) is 0 Å². The molecule has 1 unspecified atom stereocenters. The summed E-state index contributed by atoms with van der Waals surface area (Å²) in [6.45, 7) is 3.99. The van der Waals surface area contributed by atoms with Crippen molar-refractivity contribution in [2.75, 3.05) is 0 Å². The molecule has 1 saturated carbocycles. The first-order valence-electron chi connectivity index (χ1n) is 12.3. The fourth-order valence-corrected chi connectivity index (χ4v) is 5.52. The van der Waals surface area contributed by atoms with Crippen LogP contribution in [0.15, 0.2) is 70.0 Å². The van der Waals surface area contributed by atoms with Crippen molar-refractivity contribution in [3.05, 3.63) is 105 Å². The van der Waals surface area contributed by atoms with Crippen molar-refractivity contribution >= 4 is 33.8 Å². The topological polar surface area (TPSA) is 85.9 Å². The van der Waals surface area contributed by atoms with E-state index in [-0.39, 0.29) is 6.10 Å². The number of imidazole rings is 1. The summed E-state index contributed by atoms with van der Waals surface area (Å²) in [7, 11) is 0. The maximum Gasteiger partial charge on any atom is 0.439 e. The molecule has 0 amide bonds. The van der Waals surface area contributed by atoms with Crippen LogP contribution in [0.1, 0.15) is 67.1 Å². The summed E-state index contributed by atoms with van der Waals surface area (Å²) in [6.07, 6.45) is 2.03. The van der Waals surface area contributed by atoms with Crippen LogP contribution < -0.4 is 10.5 Å². The quantitative estimate of drug-likeness (QED) is 0.293. The molecule has 0 bridgehead atoms. The van der Waals surface area contributed by atoms with E-state index in [1.165, 1.54) is 0 Å². The summed E-state index contributed by atoms with van der Waals surface area (Å²) in [5, 5.41) is 4.61. The normalized spacial score (nSPS) is 18.2. The van der Waals surface area contributed by atoms with Gasteiger partial charge in [0.05, 0.1) is 10.5 Å². The van der Waals surface area contributed by atoms with Gasteiger partial charge in [0.25, 0.3) is 0 Å². The van der Waals surface area contributed by atoms with E-state index in [1.807, 2.05) is 43.3 Å². The molecule has 37 heavy (non-hydrogen) atoms. The van der Waals surface area contributed by atoms with Crippen molar-refractivity contribution in [2.45, 2.75) is 38.7 Å². The number of aromatic amines is 1. The third kappa shape index (κ3) is 3.53. The molecule has 1 aliphatic heterocycles. The van der Waals surface area contributed by atoms with Crippen LogP contribution in [0.4, 0.5) is 0 Å². The van der Waals surface area contributed by atoms with E-state index in [2.05, 4.69) is 45.9 Å². The molecule has 2 aliphatic rings. The van der Waals surface area contributed by atoms with E-state index in [4.69, 9.17) is 25.8 Å². The highest BCUT2D eigenvalue weighted by Crippen LogP contribution is 2.46. The monoisotopic (exact) mass is 510 g/mol. The molecule has 0 radical (unpaired) electrons. The van der Waals surface area contributed by atoms with Crippen LogP contribution >= 0.6 is 11.6 Å². The summed E-state index contributed by atoms with van der Waals surface area (Å²) < 4.78 is 13.5. The second kappa shape index (κ2) is 8.21. The van der Waals surface area contributed by atoms with Crippen molar-refractivity contribution in [3.63, 3.8) is 0 Å². The molecule has 1 fully saturated rings. The largest absolute Gasteiger partial charge is 0.485 e. The lowest BCUT2D eigenvalue weighted by atomic mass is 9.89.